The number of likely N-dealkylation sites (tertiary alicyclic amines) is 1. The number of ether oxygens (including phenoxy) is 1. The number of aryl methyl sites for hydroxylation is 1. The number of piperidine rings is 1. The average molecular weight is 536 g/mol. The Hall–Kier alpha value is -2.83. The fraction of sp³-hybridized carbons (Fsp3) is 0.484. The first-order valence-electron chi connectivity index (χ1n) is 13.9. The summed E-state index contributed by atoms with van der Waals surface area (Å²) in [5.74, 6) is 0.333. The maximum absolute atomic E-state index is 13.9. The number of nitrogens with zero attached hydrogens (tertiary/aromatic N) is 1. The monoisotopic (exact) mass is 535 g/mol. The molecule has 3 aromatic rings. The van der Waals surface area contributed by atoms with Crippen LogP contribution in [0, 0.1) is 5.92 Å². The van der Waals surface area contributed by atoms with Crippen molar-refractivity contribution in [3.63, 3.8) is 0 Å². The van der Waals surface area contributed by atoms with E-state index in [1.54, 1.807) is 13.0 Å². The first-order valence-corrected chi connectivity index (χ1v) is 14.3. The molecule has 38 heavy (non-hydrogen) atoms. The molecule has 200 valence electrons. The number of aliphatic hydroxyl groups is 1. The summed E-state index contributed by atoms with van der Waals surface area (Å²) in [6.07, 6.45) is 7.21. The van der Waals surface area contributed by atoms with Crippen LogP contribution in [0.25, 0.3) is 11.0 Å². The molecule has 0 bridgehead atoms. The van der Waals surface area contributed by atoms with Crippen molar-refractivity contribution in [2.45, 2.75) is 82.5 Å². The molecule has 1 saturated heterocycles. The lowest BCUT2D eigenvalue weighted by Gasteiger charge is -2.53. The second-order valence-corrected chi connectivity index (χ2v) is 11.6. The lowest BCUT2D eigenvalue weighted by atomic mass is 9.66. The Kier molecular flexibility index (Phi) is 6.73. The van der Waals surface area contributed by atoms with Crippen LogP contribution in [0.3, 0.4) is 0 Å². The smallest absolute Gasteiger partial charge is 0.339 e. The SMILES string of the molecule is C[C@H](Oc1ccc2c3c(c(=O)oc2c1)CCCC3)C(=O)N1CC[C@]2(O)CCCC[C@@H]2[C@@H]1c1ccc(Cl)cc1. The molecule has 1 saturated carbocycles. The Bertz CT molecular complexity index is 1420. The number of hydrogen-bond acceptors (Lipinski definition) is 5. The molecule has 6 rings (SSSR count). The molecule has 6 nitrogen and oxygen atoms in total. The Morgan fingerprint density at radius 3 is 2.63 bits per heavy atom. The fourth-order valence-corrected chi connectivity index (χ4v) is 7.11. The summed E-state index contributed by atoms with van der Waals surface area (Å²) >= 11 is 6.17. The fourth-order valence-electron chi connectivity index (χ4n) is 6.99. The van der Waals surface area contributed by atoms with Crippen LogP contribution >= 0.6 is 11.6 Å². The summed E-state index contributed by atoms with van der Waals surface area (Å²) in [6.45, 7) is 2.22. The number of hydrogen-bond donors (Lipinski definition) is 1. The summed E-state index contributed by atoms with van der Waals surface area (Å²) in [6, 6.07) is 12.9. The molecular weight excluding hydrogens is 502 g/mol. The van der Waals surface area contributed by atoms with Gasteiger partial charge in [-0.15, -0.1) is 0 Å². The number of fused-ring (bicyclic) bond motifs is 4. The summed E-state index contributed by atoms with van der Waals surface area (Å²) in [5, 5.41) is 13.1. The van der Waals surface area contributed by atoms with E-state index in [2.05, 4.69) is 0 Å². The van der Waals surface area contributed by atoms with Crippen LogP contribution in [0.5, 0.6) is 5.75 Å². The minimum Gasteiger partial charge on any atom is -0.481 e. The first kappa shape index (κ1) is 25.4. The van der Waals surface area contributed by atoms with Crippen molar-refractivity contribution in [3.05, 3.63) is 74.6 Å². The molecule has 0 radical (unpaired) electrons. The summed E-state index contributed by atoms with van der Waals surface area (Å²) in [7, 11) is 0. The van der Waals surface area contributed by atoms with Crippen LogP contribution in [0.15, 0.2) is 51.7 Å². The maximum Gasteiger partial charge on any atom is 0.339 e. The van der Waals surface area contributed by atoms with Crippen LogP contribution in [-0.4, -0.2) is 34.2 Å². The predicted octanol–water partition coefficient (Wildman–Crippen LogP) is 5.99. The molecule has 2 aromatic carbocycles. The zero-order valence-electron chi connectivity index (χ0n) is 21.7. The molecule has 1 amide bonds. The highest BCUT2D eigenvalue weighted by atomic mass is 35.5. The summed E-state index contributed by atoms with van der Waals surface area (Å²) < 4.78 is 11.8. The minimum atomic E-state index is -0.765. The van der Waals surface area contributed by atoms with Gasteiger partial charge in [-0.25, -0.2) is 4.79 Å². The van der Waals surface area contributed by atoms with Crippen molar-refractivity contribution >= 4 is 28.5 Å². The molecule has 4 atom stereocenters. The van der Waals surface area contributed by atoms with Crippen LogP contribution < -0.4 is 10.4 Å². The third kappa shape index (κ3) is 4.52. The Morgan fingerprint density at radius 1 is 1.08 bits per heavy atom. The number of carbonyl (C=O) groups is 1. The van der Waals surface area contributed by atoms with E-state index in [1.165, 1.54) is 0 Å². The minimum absolute atomic E-state index is 0.0385. The normalized spacial score (nSPS) is 25.9. The van der Waals surface area contributed by atoms with E-state index in [4.69, 9.17) is 20.8 Å². The van der Waals surface area contributed by atoms with Gasteiger partial charge in [-0.3, -0.25) is 4.79 Å². The van der Waals surface area contributed by atoms with Gasteiger partial charge in [0.15, 0.2) is 6.10 Å². The number of halogens is 1. The van der Waals surface area contributed by atoms with Crippen molar-refractivity contribution in [3.8, 4) is 5.75 Å². The van der Waals surface area contributed by atoms with Crippen molar-refractivity contribution in [1.29, 1.82) is 0 Å². The number of rotatable bonds is 4. The molecule has 1 aliphatic heterocycles. The van der Waals surface area contributed by atoms with Crippen LogP contribution in [0.2, 0.25) is 5.02 Å². The standard InChI is InChI=1S/C31H34ClNO5/c1-19(37-22-13-14-24-23-6-2-3-7-25(23)30(35)38-27(24)18-22)29(34)33-17-16-31(36)15-5-4-8-26(31)28(33)20-9-11-21(32)12-10-20/h9-14,18-19,26,28,36H,2-8,15-17H2,1H3/t19-,26+,28-,31+/m0/s1. The Labute approximate surface area is 227 Å². The van der Waals surface area contributed by atoms with Gasteiger partial charge >= 0.3 is 5.63 Å². The van der Waals surface area contributed by atoms with Gasteiger partial charge in [0.1, 0.15) is 11.3 Å². The van der Waals surface area contributed by atoms with Gasteiger partial charge in [0.05, 0.1) is 11.6 Å². The van der Waals surface area contributed by atoms with E-state index in [9.17, 15) is 14.7 Å². The molecular formula is C31H34ClNO5. The quantitative estimate of drug-likeness (QED) is 0.415. The van der Waals surface area contributed by atoms with Gasteiger partial charge in [0, 0.05) is 34.5 Å². The van der Waals surface area contributed by atoms with E-state index in [-0.39, 0.29) is 23.5 Å². The highest BCUT2D eigenvalue weighted by molar-refractivity contribution is 6.30. The third-order valence-electron chi connectivity index (χ3n) is 8.92. The van der Waals surface area contributed by atoms with E-state index in [1.807, 2.05) is 41.3 Å². The zero-order chi connectivity index (χ0) is 26.4. The van der Waals surface area contributed by atoms with Crippen LogP contribution in [-0.2, 0) is 17.6 Å². The lowest BCUT2D eigenvalue weighted by molar-refractivity contribution is -0.161. The molecule has 2 fully saturated rings. The van der Waals surface area contributed by atoms with E-state index >= 15 is 0 Å². The molecule has 7 heteroatoms. The molecule has 2 heterocycles. The topological polar surface area (TPSA) is 80.0 Å². The van der Waals surface area contributed by atoms with Gasteiger partial charge in [-0.2, -0.15) is 0 Å². The molecule has 0 unspecified atom stereocenters. The van der Waals surface area contributed by atoms with Crippen molar-refractivity contribution < 1.29 is 19.1 Å². The Morgan fingerprint density at radius 2 is 1.84 bits per heavy atom. The van der Waals surface area contributed by atoms with E-state index in [0.717, 1.165) is 73.4 Å². The second-order valence-electron chi connectivity index (χ2n) is 11.2. The van der Waals surface area contributed by atoms with Crippen LogP contribution in [0.1, 0.15) is 74.6 Å². The third-order valence-corrected chi connectivity index (χ3v) is 9.17. The van der Waals surface area contributed by atoms with E-state index in [0.29, 0.717) is 29.3 Å². The van der Waals surface area contributed by atoms with Crippen molar-refractivity contribution in [2.24, 2.45) is 5.92 Å². The molecule has 2 aliphatic carbocycles. The number of benzene rings is 2. The first-order chi connectivity index (χ1) is 18.3. The van der Waals surface area contributed by atoms with Crippen LogP contribution in [0.4, 0.5) is 0 Å². The van der Waals surface area contributed by atoms with Gasteiger partial charge < -0.3 is 19.2 Å². The largest absolute Gasteiger partial charge is 0.481 e. The van der Waals surface area contributed by atoms with Gasteiger partial charge in [0.2, 0.25) is 0 Å². The number of carbonyl (C=O) groups excluding carboxylic acids is 1. The van der Waals surface area contributed by atoms with E-state index < -0.39 is 11.7 Å². The molecule has 0 spiro atoms. The summed E-state index contributed by atoms with van der Waals surface area (Å²) in [5.41, 5.74) is 2.32. The van der Waals surface area contributed by atoms with Crippen molar-refractivity contribution in [1.82, 2.24) is 4.90 Å². The van der Waals surface area contributed by atoms with Gasteiger partial charge in [-0.1, -0.05) is 36.6 Å². The lowest BCUT2D eigenvalue weighted by Crippen LogP contribution is -2.58. The molecule has 1 aromatic heterocycles. The van der Waals surface area contributed by atoms with Gasteiger partial charge in [-0.05, 0) is 87.3 Å². The number of amides is 1. The van der Waals surface area contributed by atoms with Gasteiger partial charge in [0.25, 0.3) is 5.91 Å². The molecule has 3 aliphatic rings. The van der Waals surface area contributed by atoms with Crippen molar-refractivity contribution in [2.75, 3.05) is 6.54 Å². The highest BCUT2D eigenvalue weighted by Gasteiger charge is 2.50. The predicted molar refractivity (Wildman–Crippen MR) is 147 cm³/mol. The second kappa shape index (κ2) is 10.0. The Balaban J connectivity index is 1.27. The maximum atomic E-state index is 13.9. The highest BCUT2D eigenvalue weighted by Crippen LogP contribution is 2.49. The average Bonchev–Trinajstić information content (AvgIpc) is 2.92. The molecule has 1 N–H and O–H groups in total. The zero-order valence-corrected chi connectivity index (χ0v) is 22.5. The summed E-state index contributed by atoms with van der Waals surface area (Å²) in [4.78, 5) is 28.3.